The van der Waals surface area contributed by atoms with Gasteiger partial charge in [-0.1, -0.05) is 31.9 Å². The lowest BCUT2D eigenvalue weighted by Gasteiger charge is -2.26. The average Bonchev–Trinajstić information content (AvgIpc) is 2.76. The number of benzene rings is 1. The van der Waals surface area contributed by atoms with Crippen LogP contribution in [0.5, 0.6) is 0 Å². The Labute approximate surface area is 115 Å². The number of hydrogen-bond donors (Lipinski definition) is 1. The van der Waals surface area contributed by atoms with Gasteiger partial charge >= 0.3 is 0 Å². The van der Waals surface area contributed by atoms with Crippen molar-refractivity contribution in [2.24, 2.45) is 18.9 Å². The molecule has 0 saturated heterocycles. The van der Waals surface area contributed by atoms with E-state index in [2.05, 4.69) is 47.0 Å². The van der Waals surface area contributed by atoms with Crippen LogP contribution in [0, 0.1) is 11.8 Å². The predicted molar refractivity (Wildman–Crippen MR) is 80.3 cm³/mol. The molecular formula is C16H23N3. The van der Waals surface area contributed by atoms with Crippen molar-refractivity contribution in [3.8, 4) is 0 Å². The smallest absolute Gasteiger partial charge is 0.203 e. The number of nitrogens with zero attached hydrogens (tertiary/aromatic N) is 2. The Morgan fingerprint density at radius 2 is 1.95 bits per heavy atom. The highest BCUT2D eigenvalue weighted by Crippen LogP contribution is 2.28. The lowest BCUT2D eigenvalue weighted by molar-refractivity contribution is 0.300. The molecule has 1 N–H and O–H groups in total. The first kappa shape index (κ1) is 12.5. The Hall–Kier alpha value is -1.51. The zero-order valence-electron chi connectivity index (χ0n) is 11.9. The van der Waals surface area contributed by atoms with E-state index in [4.69, 9.17) is 0 Å². The van der Waals surface area contributed by atoms with E-state index in [9.17, 15) is 0 Å². The van der Waals surface area contributed by atoms with Crippen LogP contribution in [0.1, 0.15) is 32.6 Å². The Bertz CT molecular complexity index is 550. The minimum absolute atomic E-state index is 0.816. The summed E-state index contributed by atoms with van der Waals surface area (Å²) in [5.74, 6) is 2.74. The third-order valence-corrected chi connectivity index (χ3v) is 4.47. The first-order valence-corrected chi connectivity index (χ1v) is 7.39. The summed E-state index contributed by atoms with van der Waals surface area (Å²) in [5.41, 5.74) is 2.27. The van der Waals surface area contributed by atoms with E-state index >= 15 is 0 Å². The molecule has 1 heterocycles. The van der Waals surface area contributed by atoms with Gasteiger partial charge in [0.1, 0.15) is 0 Å². The van der Waals surface area contributed by atoms with Crippen LogP contribution in [0.15, 0.2) is 24.3 Å². The quantitative estimate of drug-likeness (QED) is 0.906. The lowest BCUT2D eigenvalue weighted by Crippen LogP contribution is -2.21. The van der Waals surface area contributed by atoms with Gasteiger partial charge in [-0.3, -0.25) is 0 Å². The zero-order valence-corrected chi connectivity index (χ0v) is 11.9. The monoisotopic (exact) mass is 257 g/mol. The predicted octanol–water partition coefficient (Wildman–Crippen LogP) is 3.81. The third-order valence-electron chi connectivity index (χ3n) is 4.47. The third kappa shape index (κ3) is 2.60. The summed E-state index contributed by atoms with van der Waals surface area (Å²) < 4.78 is 2.15. The molecule has 1 saturated carbocycles. The van der Waals surface area contributed by atoms with E-state index in [1.807, 2.05) is 6.07 Å². The maximum Gasteiger partial charge on any atom is 0.203 e. The fraction of sp³-hybridized carbons (Fsp3) is 0.562. The SMILES string of the molecule is CC1CCC(CNc2nc3ccccc3n2C)CC1. The summed E-state index contributed by atoms with van der Waals surface area (Å²) in [6.45, 7) is 3.43. The normalized spacial score (nSPS) is 23.7. The summed E-state index contributed by atoms with van der Waals surface area (Å²) in [7, 11) is 2.08. The Kier molecular flexibility index (Phi) is 3.45. The number of aryl methyl sites for hydroxylation is 1. The van der Waals surface area contributed by atoms with Gasteiger partial charge in [-0.25, -0.2) is 4.98 Å². The maximum absolute atomic E-state index is 4.66. The van der Waals surface area contributed by atoms with Crippen LogP contribution in [0.3, 0.4) is 0 Å². The van der Waals surface area contributed by atoms with Crippen molar-refractivity contribution < 1.29 is 0 Å². The zero-order chi connectivity index (χ0) is 13.2. The molecule has 3 nitrogen and oxygen atoms in total. The second kappa shape index (κ2) is 5.24. The van der Waals surface area contributed by atoms with Crippen LogP contribution in [0.2, 0.25) is 0 Å². The van der Waals surface area contributed by atoms with Gasteiger partial charge in [0.2, 0.25) is 5.95 Å². The van der Waals surface area contributed by atoms with Crippen molar-refractivity contribution in [2.45, 2.75) is 32.6 Å². The Morgan fingerprint density at radius 3 is 2.68 bits per heavy atom. The molecule has 1 aromatic carbocycles. The Morgan fingerprint density at radius 1 is 1.21 bits per heavy atom. The number of aromatic nitrogens is 2. The van der Waals surface area contributed by atoms with Gasteiger partial charge in [0, 0.05) is 13.6 Å². The van der Waals surface area contributed by atoms with Crippen LogP contribution in [0.4, 0.5) is 5.95 Å². The standard InChI is InChI=1S/C16H23N3/c1-12-7-9-13(10-8-12)11-17-16-18-14-5-3-4-6-15(14)19(16)2/h3-6,12-13H,7-11H2,1-2H3,(H,17,18). The molecule has 0 bridgehead atoms. The van der Waals surface area contributed by atoms with E-state index in [1.54, 1.807) is 0 Å². The number of imidazole rings is 1. The molecule has 19 heavy (non-hydrogen) atoms. The molecule has 0 aliphatic heterocycles. The molecule has 1 aromatic heterocycles. The molecular weight excluding hydrogens is 234 g/mol. The van der Waals surface area contributed by atoms with Gasteiger partial charge < -0.3 is 9.88 Å². The minimum atomic E-state index is 0.816. The van der Waals surface area contributed by atoms with E-state index in [-0.39, 0.29) is 0 Å². The van der Waals surface area contributed by atoms with Crippen LogP contribution < -0.4 is 5.32 Å². The summed E-state index contributed by atoms with van der Waals surface area (Å²) >= 11 is 0. The molecule has 0 amide bonds. The topological polar surface area (TPSA) is 29.9 Å². The summed E-state index contributed by atoms with van der Waals surface area (Å²) in [5, 5.41) is 3.54. The fourth-order valence-electron chi connectivity index (χ4n) is 3.07. The summed E-state index contributed by atoms with van der Waals surface area (Å²) in [6, 6.07) is 8.30. The maximum atomic E-state index is 4.66. The van der Waals surface area contributed by atoms with Gasteiger partial charge in [0.25, 0.3) is 0 Å². The second-order valence-corrected chi connectivity index (χ2v) is 5.99. The molecule has 3 rings (SSSR count). The summed E-state index contributed by atoms with van der Waals surface area (Å²) in [4.78, 5) is 4.66. The van der Waals surface area contributed by atoms with Crippen LogP contribution in [0.25, 0.3) is 11.0 Å². The molecule has 2 aromatic rings. The highest BCUT2D eigenvalue weighted by molar-refractivity contribution is 5.78. The largest absolute Gasteiger partial charge is 0.355 e. The fourth-order valence-corrected chi connectivity index (χ4v) is 3.07. The highest BCUT2D eigenvalue weighted by Gasteiger charge is 2.18. The van der Waals surface area contributed by atoms with Crippen molar-refractivity contribution in [3.63, 3.8) is 0 Å². The van der Waals surface area contributed by atoms with Gasteiger partial charge in [0.05, 0.1) is 11.0 Å². The molecule has 102 valence electrons. The average molecular weight is 257 g/mol. The molecule has 1 aliphatic rings. The molecule has 0 spiro atoms. The summed E-state index contributed by atoms with van der Waals surface area (Å²) in [6.07, 6.45) is 5.49. The van der Waals surface area contributed by atoms with Crippen LogP contribution in [-0.4, -0.2) is 16.1 Å². The number of nitrogens with one attached hydrogen (secondary N) is 1. The van der Waals surface area contributed by atoms with Crippen LogP contribution in [-0.2, 0) is 7.05 Å². The first-order chi connectivity index (χ1) is 9.24. The van der Waals surface area contributed by atoms with E-state index in [0.717, 1.165) is 29.8 Å². The van der Waals surface area contributed by atoms with Gasteiger partial charge in [-0.05, 0) is 36.8 Å². The van der Waals surface area contributed by atoms with Crippen molar-refractivity contribution in [2.75, 3.05) is 11.9 Å². The molecule has 3 heteroatoms. The Balaban J connectivity index is 1.67. The molecule has 0 radical (unpaired) electrons. The van der Waals surface area contributed by atoms with Gasteiger partial charge in [0.15, 0.2) is 0 Å². The molecule has 0 atom stereocenters. The van der Waals surface area contributed by atoms with Crippen molar-refractivity contribution in [1.82, 2.24) is 9.55 Å². The highest BCUT2D eigenvalue weighted by atomic mass is 15.2. The lowest BCUT2D eigenvalue weighted by atomic mass is 9.83. The number of anilines is 1. The molecule has 1 fully saturated rings. The van der Waals surface area contributed by atoms with Crippen molar-refractivity contribution in [1.29, 1.82) is 0 Å². The van der Waals surface area contributed by atoms with Gasteiger partial charge in [-0.2, -0.15) is 0 Å². The van der Waals surface area contributed by atoms with Crippen molar-refractivity contribution >= 4 is 17.0 Å². The van der Waals surface area contributed by atoms with Crippen LogP contribution >= 0.6 is 0 Å². The number of rotatable bonds is 3. The second-order valence-electron chi connectivity index (χ2n) is 5.99. The first-order valence-electron chi connectivity index (χ1n) is 7.39. The van der Waals surface area contributed by atoms with E-state index in [1.165, 1.54) is 31.2 Å². The number of hydrogen-bond acceptors (Lipinski definition) is 2. The minimum Gasteiger partial charge on any atom is -0.355 e. The van der Waals surface area contributed by atoms with E-state index in [0.29, 0.717) is 0 Å². The number of para-hydroxylation sites is 2. The number of fused-ring (bicyclic) bond motifs is 1. The van der Waals surface area contributed by atoms with Crippen molar-refractivity contribution in [3.05, 3.63) is 24.3 Å². The molecule has 0 unspecified atom stereocenters. The van der Waals surface area contributed by atoms with Gasteiger partial charge in [-0.15, -0.1) is 0 Å². The molecule has 1 aliphatic carbocycles. The van der Waals surface area contributed by atoms with E-state index < -0.39 is 0 Å².